The number of aliphatic hydroxyl groups excluding tert-OH is 1. The molecule has 13 nitrogen and oxygen atoms in total. The second kappa shape index (κ2) is 10.1. The third-order valence-corrected chi connectivity index (χ3v) is 5.68. The van der Waals surface area contributed by atoms with Gasteiger partial charge in [-0.2, -0.15) is 0 Å². The van der Waals surface area contributed by atoms with Gasteiger partial charge in [0.25, 0.3) is 0 Å². The molecule has 1 amide bonds. The van der Waals surface area contributed by atoms with Crippen LogP contribution in [0.3, 0.4) is 0 Å². The fourth-order valence-corrected chi connectivity index (χ4v) is 4.02. The molecule has 0 spiro atoms. The van der Waals surface area contributed by atoms with Crippen LogP contribution in [0.2, 0.25) is 0 Å². The van der Waals surface area contributed by atoms with Crippen molar-refractivity contribution in [2.75, 3.05) is 24.6 Å². The van der Waals surface area contributed by atoms with Crippen molar-refractivity contribution in [2.45, 2.75) is 37.3 Å². The van der Waals surface area contributed by atoms with Gasteiger partial charge in [-0.15, -0.1) is 0 Å². The molecule has 14 heteroatoms. The molecular formula is C18H25N9O4P+. The van der Waals surface area contributed by atoms with E-state index in [1.54, 1.807) is 17.1 Å². The summed E-state index contributed by atoms with van der Waals surface area (Å²) in [4.78, 5) is 31.8. The predicted molar refractivity (Wildman–Crippen MR) is 115 cm³/mol. The molecule has 5 unspecified atom stereocenters. The molecule has 1 aliphatic rings. The van der Waals surface area contributed by atoms with E-state index in [1.807, 2.05) is 0 Å². The van der Waals surface area contributed by atoms with Gasteiger partial charge in [0.1, 0.15) is 18.7 Å². The fourth-order valence-electron chi connectivity index (χ4n) is 3.54. The van der Waals surface area contributed by atoms with Crippen LogP contribution in [-0.2, 0) is 20.5 Å². The van der Waals surface area contributed by atoms with E-state index in [1.165, 1.54) is 12.7 Å². The van der Waals surface area contributed by atoms with Crippen molar-refractivity contribution in [1.82, 2.24) is 34.8 Å². The number of aromatic amines is 1. The fraction of sp³-hybridized carbons (Fsp3) is 0.500. The number of nitrogens with one attached hydrogen (secondary N) is 3. The summed E-state index contributed by atoms with van der Waals surface area (Å²) in [5.41, 5.74) is 7.71. The largest absolute Gasteiger partial charge is 0.390 e. The Kier molecular flexibility index (Phi) is 6.58. The van der Waals surface area contributed by atoms with Crippen LogP contribution < -0.4 is 16.4 Å². The van der Waals surface area contributed by atoms with Gasteiger partial charge < -0.3 is 31.2 Å². The Morgan fingerprint density at radius 2 is 2.34 bits per heavy atom. The lowest BCUT2D eigenvalue weighted by molar-refractivity contribution is -0.122. The van der Waals surface area contributed by atoms with E-state index in [-0.39, 0.29) is 18.5 Å². The number of carbonyl (C=O) groups excluding carboxylic acids is 1. The number of hydrogen-bond donors (Lipinski definition) is 5. The first-order valence-electron chi connectivity index (χ1n) is 10.6. The molecule has 0 bridgehead atoms. The minimum atomic E-state index is -2.17. The van der Waals surface area contributed by atoms with Crippen molar-refractivity contribution >= 4 is 31.3 Å². The molecule has 3 aromatic rings. The lowest BCUT2D eigenvalue weighted by atomic mass is 10.1. The van der Waals surface area contributed by atoms with Gasteiger partial charge in [0.05, 0.1) is 24.8 Å². The van der Waals surface area contributed by atoms with Gasteiger partial charge in [-0.1, -0.05) is 4.57 Å². The molecule has 1 fully saturated rings. The summed E-state index contributed by atoms with van der Waals surface area (Å²) in [6.07, 6.45) is 4.66. The zero-order valence-electron chi connectivity index (χ0n) is 18.1. The zero-order valence-corrected chi connectivity index (χ0v) is 18.0. The molecule has 6 N–H and O–H groups in total. The van der Waals surface area contributed by atoms with Crippen molar-refractivity contribution in [3.05, 3.63) is 30.9 Å². The van der Waals surface area contributed by atoms with E-state index in [2.05, 4.69) is 35.6 Å². The van der Waals surface area contributed by atoms with Crippen LogP contribution in [0.5, 0.6) is 0 Å². The number of fused-ring (bicyclic) bond motifs is 1. The molecule has 170 valence electrons. The highest BCUT2D eigenvalue weighted by Gasteiger charge is 2.37. The summed E-state index contributed by atoms with van der Waals surface area (Å²) >= 11 is 0. The zero-order chi connectivity index (χ0) is 23.4. The van der Waals surface area contributed by atoms with Crippen molar-refractivity contribution in [3.8, 4) is 0 Å². The number of amides is 1. The van der Waals surface area contributed by atoms with Crippen molar-refractivity contribution in [2.24, 2.45) is 5.73 Å². The third kappa shape index (κ3) is 4.91. The van der Waals surface area contributed by atoms with E-state index in [0.717, 1.165) is 5.69 Å². The molecule has 32 heavy (non-hydrogen) atoms. The molecule has 1 aliphatic heterocycles. The number of carbonyl (C=O) groups is 1. The van der Waals surface area contributed by atoms with Crippen LogP contribution >= 0.6 is 8.41 Å². The van der Waals surface area contributed by atoms with E-state index < -0.39 is 32.9 Å². The minimum Gasteiger partial charge on any atom is -0.390 e. The molecule has 0 aliphatic carbocycles. The summed E-state index contributed by atoms with van der Waals surface area (Å²) in [6.45, 7) is 0.714. The average Bonchev–Trinajstić information content (AvgIpc) is 3.51. The number of nitrogens with two attached hydrogens (primary N) is 1. The highest BCUT2D eigenvalue weighted by molar-refractivity contribution is 7.23. The Morgan fingerprint density at radius 3 is 3.12 bits per heavy atom. The van der Waals surface area contributed by atoms with Gasteiger partial charge in [-0.05, 0) is 0 Å². The summed E-state index contributed by atoms with van der Waals surface area (Å²) in [7, 11) is -2.17. The van der Waals surface area contributed by atoms with Crippen molar-refractivity contribution < 1.29 is 19.2 Å². The van der Waals surface area contributed by atoms with Crippen LogP contribution in [0.25, 0.3) is 11.2 Å². The number of ether oxygens (including phenoxy) is 1. The Bertz CT molecular complexity index is 1110. The standard InChI is InChI=1S/C18H24N9O4P/c19-11(3-10-5-20-7-23-10)18(29)22-2-1-21-16-15-17(25-8-24-16)27(9-26-15)14-4-12(28)13(31-14)6-32-30/h5,7-9,11-14,28H,1-4,6,19H2,(H,20,23)(H,22,29)(H,21,24,25)/p+1/i/hT. The van der Waals surface area contributed by atoms with Crippen molar-refractivity contribution in [1.29, 1.82) is 1.28 Å². The topological polar surface area (TPSA) is 186 Å². The summed E-state index contributed by atoms with van der Waals surface area (Å²) < 4.78 is 25.9. The van der Waals surface area contributed by atoms with Crippen LogP contribution in [0.4, 0.5) is 5.82 Å². The number of aliphatic hydroxyl groups is 1. The summed E-state index contributed by atoms with van der Waals surface area (Å²) in [5, 5.41) is 16.1. The number of anilines is 1. The van der Waals surface area contributed by atoms with Gasteiger partial charge in [-0.25, -0.2) is 19.9 Å². The van der Waals surface area contributed by atoms with Crippen molar-refractivity contribution in [3.63, 3.8) is 0 Å². The first-order valence-corrected chi connectivity index (χ1v) is 11.1. The molecule has 4 rings (SSSR count). The van der Waals surface area contributed by atoms with Crippen LogP contribution in [0.1, 0.15) is 18.3 Å². The first-order chi connectivity index (χ1) is 15.9. The molecule has 0 radical (unpaired) electrons. The van der Waals surface area contributed by atoms with Gasteiger partial charge in [0.2, 0.25) is 5.91 Å². The number of nitrogens with zero attached hydrogens (tertiary/aromatic N) is 5. The average molecular weight is 464 g/mol. The van der Waals surface area contributed by atoms with Gasteiger partial charge in [0, 0.05) is 37.8 Å². The maximum atomic E-state index is 12.2. The second-order valence-corrected chi connectivity index (χ2v) is 8.02. The van der Waals surface area contributed by atoms with Crippen LogP contribution in [-0.4, -0.2) is 79.3 Å². The van der Waals surface area contributed by atoms with Gasteiger partial charge >= 0.3 is 9.68 Å². The number of aromatic nitrogens is 6. The quantitative estimate of drug-likeness (QED) is 0.190. The Hall–Kier alpha value is -2.99. The van der Waals surface area contributed by atoms with E-state index in [9.17, 15) is 14.5 Å². The molecule has 4 heterocycles. The molecule has 5 atom stereocenters. The van der Waals surface area contributed by atoms with Gasteiger partial charge in [0.15, 0.2) is 23.1 Å². The lowest BCUT2D eigenvalue weighted by Gasteiger charge is -2.13. The molecule has 0 aromatic carbocycles. The number of H-pyrrole nitrogens is 1. The Labute approximate surface area is 185 Å². The highest BCUT2D eigenvalue weighted by Crippen LogP contribution is 2.32. The summed E-state index contributed by atoms with van der Waals surface area (Å²) in [6, 6.07) is -0.689. The SMILES string of the molecule is [3H][P+](=O)CC1OC(n2cnc3c(NCCNC(=O)C(N)Cc4cnc[nH]4)ncnc32)CC1O. The van der Waals surface area contributed by atoms with E-state index >= 15 is 0 Å². The van der Waals surface area contributed by atoms with Crippen LogP contribution in [0, 0.1) is 0 Å². The maximum Gasteiger partial charge on any atom is 0.388 e. The van der Waals surface area contributed by atoms with E-state index in [0.29, 0.717) is 36.5 Å². The number of imidazole rings is 2. The molecule has 0 saturated carbocycles. The van der Waals surface area contributed by atoms with E-state index in [4.69, 9.17) is 11.7 Å². The van der Waals surface area contributed by atoms with Crippen LogP contribution in [0.15, 0.2) is 25.2 Å². The Morgan fingerprint density at radius 1 is 1.47 bits per heavy atom. The third-order valence-electron chi connectivity index (χ3n) is 5.18. The number of rotatable bonds is 10. The van der Waals surface area contributed by atoms with Gasteiger partial charge in [-0.3, -0.25) is 9.36 Å². The maximum absolute atomic E-state index is 12.2. The lowest BCUT2D eigenvalue weighted by Crippen LogP contribution is -2.43. The normalized spacial score (nSPS) is 22.5. The monoisotopic (exact) mass is 464 g/mol. The molecular weight excluding hydrogens is 437 g/mol. The first kappa shape index (κ1) is 20.9. The Balaban J connectivity index is 1.32. The highest BCUT2D eigenvalue weighted by atomic mass is 31.1. The second-order valence-electron chi connectivity index (χ2n) is 7.40. The summed E-state index contributed by atoms with van der Waals surface area (Å²) in [5.74, 6) is 0.212. The molecule has 1 saturated heterocycles. The predicted octanol–water partition coefficient (Wildman–Crippen LogP) is -0.680. The minimum absolute atomic E-state index is 0.0291. The smallest absolute Gasteiger partial charge is 0.388 e. The molecule has 3 aromatic heterocycles. The number of hydrogen-bond acceptors (Lipinski definition) is 10.